The second kappa shape index (κ2) is 37.0. The molecule has 15 nitrogen and oxygen atoms in total. The van der Waals surface area contributed by atoms with Crippen LogP contribution in [0.5, 0.6) is 0 Å². The fraction of sp³-hybridized carbons (Fsp3) is 0. The van der Waals surface area contributed by atoms with Crippen molar-refractivity contribution in [2.45, 2.75) is 0 Å². The van der Waals surface area contributed by atoms with E-state index in [0.29, 0.717) is 34.2 Å². The Morgan fingerprint density at radius 1 is 0.133 bits per heavy atom. The van der Waals surface area contributed by atoms with E-state index >= 15 is 0 Å². The van der Waals surface area contributed by atoms with Crippen molar-refractivity contribution in [1.82, 2.24) is 72.3 Å². The van der Waals surface area contributed by atoms with Gasteiger partial charge in [0.1, 0.15) is 0 Å². The smallest absolute Gasteiger partial charge is 0.238 e. The number of hydrogen-bond acceptors (Lipinski definition) is 9. The highest BCUT2D eigenvalue weighted by Crippen LogP contribution is 2.46. The zero-order valence-corrected chi connectivity index (χ0v) is 79.8. The Kier molecular flexibility index (Phi) is 17.9. The molecule has 30 rings (SSSR count). The largest absolute Gasteiger partial charge is 0.309 e. The number of nitrogens with zero attached hydrogens (tertiary/aromatic N) is 15. The molecule has 0 aliphatic rings. The summed E-state index contributed by atoms with van der Waals surface area (Å²) in [5, 5.41) is 12.6. The van der Waals surface area contributed by atoms with Crippen molar-refractivity contribution in [1.29, 1.82) is 0 Å². The third-order valence-corrected chi connectivity index (χ3v) is 27.8. The summed E-state index contributed by atoms with van der Waals surface area (Å²) in [6, 6.07) is 140. The second-order valence-electron chi connectivity index (χ2n) is 36.4. The minimum absolute atomic E-state index is 0.0168. The van der Waals surface area contributed by atoms with E-state index in [0.717, 1.165) is 181 Å². The summed E-state index contributed by atoms with van der Waals surface area (Å²) >= 11 is 0. The van der Waals surface area contributed by atoms with Crippen molar-refractivity contribution in [2.24, 2.45) is 0 Å². The van der Waals surface area contributed by atoms with Crippen LogP contribution < -0.4 is 0 Å². The molecule has 0 radical (unpaired) electrons. The van der Waals surface area contributed by atoms with Crippen molar-refractivity contribution in [3.05, 3.63) is 527 Å². The van der Waals surface area contributed by atoms with E-state index in [-0.39, 0.29) is 88.3 Å². The Morgan fingerprint density at radius 3 is 0.747 bits per heavy atom. The third-order valence-electron chi connectivity index (χ3n) is 27.8. The van der Waals surface area contributed by atoms with Crippen molar-refractivity contribution in [3.8, 4) is 137 Å². The van der Waals surface area contributed by atoms with Crippen molar-refractivity contribution >= 4 is 131 Å². The summed E-state index contributed by atoms with van der Waals surface area (Å²) in [5.41, 5.74) is 22.2. The lowest BCUT2D eigenvalue weighted by molar-refractivity contribution is 0.953. The van der Waals surface area contributed by atoms with Gasteiger partial charge in [-0.2, -0.15) is 29.9 Å². The molecule has 0 aliphatic carbocycles. The average Bonchev–Trinajstić information content (AvgIpc) is 1.56. The van der Waals surface area contributed by atoms with E-state index in [1.807, 2.05) is 293 Å². The maximum Gasteiger partial charge on any atom is 0.238 e. The van der Waals surface area contributed by atoms with Crippen LogP contribution in [-0.4, -0.2) is 72.3 Å². The average molecular weight is 1930 g/mol. The van der Waals surface area contributed by atoms with Crippen molar-refractivity contribution in [2.75, 3.05) is 0 Å². The van der Waals surface area contributed by atoms with E-state index < -0.39 is 54.4 Å². The molecule has 0 saturated carbocycles. The lowest BCUT2D eigenvalue weighted by Crippen LogP contribution is -2.07. The standard InChI is InChI=1S/3C45H29N5/c1-4-15-30(16-5-1)32-19-14-20-33(27-32)44-46-43(31-17-6-2-7-18-31)47-45(48-44)50-40-26-13-11-24-36(40)38-28-37-35-23-10-12-25-39(35)49(41(37)29-42(38)50)34-21-8-3-9-22-34;1-4-14-30(15-5-1)31-24-26-33(27-25-31)44-46-43(32-16-6-2-7-17-32)47-45(48-44)50-40-23-13-11-21-36(40)38-28-41-37(29-42(38)50)35-20-10-12-22-39(35)49(41)34-18-8-3-9-19-34;1-4-16-30(17-5-1)33-22-10-11-25-36(33)44-46-43(31-18-6-2-7-19-31)47-45(48-44)50-40-27-15-13-24-35(40)38-28-37-34-23-12-14-26-39(34)49(41(37)29-42(38)50)32-20-8-3-9-21-32/h3*1-29H/i2D,6D,7D,17D,18D;2D,6D,7D,16D,17D;2D,6D,7D,18D,19D. The molecule has 0 fully saturated rings. The molecule has 9 aromatic heterocycles. The highest BCUT2D eigenvalue weighted by Gasteiger charge is 2.28. The molecule has 0 unspecified atom stereocenters. The molecule has 9 heterocycles. The molecule has 0 aliphatic heterocycles. The molecule has 0 spiro atoms. The number of fused-ring (bicyclic) bond motifs is 18. The number of hydrogen-bond donors (Lipinski definition) is 0. The first-order valence-electron chi connectivity index (χ1n) is 56.7. The van der Waals surface area contributed by atoms with Gasteiger partial charge in [-0.1, -0.05) is 412 Å². The van der Waals surface area contributed by atoms with Crippen LogP contribution in [0, 0.1) is 0 Å². The minimum Gasteiger partial charge on any atom is -0.309 e. The fourth-order valence-electron chi connectivity index (χ4n) is 21.2. The summed E-state index contributed by atoms with van der Waals surface area (Å²) in [6.45, 7) is 0. The highest BCUT2D eigenvalue weighted by molar-refractivity contribution is 6.23. The Labute approximate surface area is 882 Å². The SMILES string of the molecule is [2H]c1c([2H])c([2H])c(-c2nc(-c3ccc(-c4ccccc4)cc3)nc(-n3c4ccccc4c4cc5c(cc43)c3ccccc3n5-c3ccccc3)n2)c([2H])c1[2H].[2H]c1c([2H])c([2H])c(-c2nc(-c3cccc(-c4ccccc4)c3)nc(-n3c4ccccc4c4cc5c6ccccc6n(-c6ccccc6)c5cc43)n2)c([2H])c1[2H].[2H]c1c([2H])c([2H])c(-c2nc(-c3ccccc3-c3ccccc3)nc(-n3c4ccccc4c4cc5c6ccccc6n(-c6ccccc6)c5cc43)n2)c([2H])c1[2H]. The number of aromatic nitrogens is 15. The van der Waals surface area contributed by atoms with Gasteiger partial charge in [-0.15, -0.1) is 0 Å². The molecule has 0 bridgehead atoms. The first-order chi connectivity index (χ1) is 80.6. The van der Waals surface area contributed by atoms with Gasteiger partial charge in [0.05, 0.1) is 86.8 Å². The predicted octanol–water partition coefficient (Wildman–Crippen LogP) is 33.2. The number of para-hydroxylation sites is 9. The van der Waals surface area contributed by atoms with Crippen molar-refractivity contribution < 1.29 is 20.6 Å². The molecule has 702 valence electrons. The van der Waals surface area contributed by atoms with Gasteiger partial charge in [0.25, 0.3) is 0 Å². The molecule has 0 amide bonds. The van der Waals surface area contributed by atoms with Gasteiger partial charge >= 0.3 is 0 Å². The summed E-state index contributed by atoms with van der Waals surface area (Å²) in [5.74, 6) is 1.61. The van der Waals surface area contributed by atoms with E-state index in [4.69, 9.17) is 65.4 Å². The molecular formula is C135H87N15. The Balaban J connectivity index is 0.000000116. The lowest BCUT2D eigenvalue weighted by atomic mass is 9.99. The Hall–Kier alpha value is -20.6. The van der Waals surface area contributed by atoms with Gasteiger partial charge in [0.2, 0.25) is 17.8 Å². The molecule has 0 atom stereocenters. The van der Waals surface area contributed by atoms with Crippen LogP contribution in [0.2, 0.25) is 0 Å². The first-order valence-corrected chi connectivity index (χ1v) is 49.2. The summed E-state index contributed by atoms with van der Waals surface area (Å²) < 4.78 is 141. The van der Waals surface area contributed by atoms with Crippen molar-refractivity contribution in [3.63, 3.8) is 0 Å². The number of benzene rings is 21. The van der Waals surface area contributed by atoms with Gasteiger partial charge in [0, 0.05) is 115 Å². The molecule has 0 saturated heterocycles. The minimum atomic E-state index is -0.483. The monoisotopic (exact) mass is 1930 g/mol. The summed E-state index contributed by atoms with van der Waals surface area (Å²) in [7, 11) is 0. The predicted molar refractivity (Wildman–Crippen MR) is 614 cm³/mol. The van der Waals surface area contributed by atoms with E-state index in [1.165, 1.54) is 0 Å². The number of rotatable bonds is 15. The molecule has 30 aromatic rings. The van der Waals surface area contributed by atoms with Crippen LogP contribution in [0.1, 0.15) is 20.6 Å². The van der Waals surface area contributed by atoms with Crippen LogP contribution in [-0.2, 0) is 0 Å². The quantitative estimate of drug-likeness (QED) is 0.0979. The zero-order valence-electron chi connectivity index (χ0n) is 94.8. The van der Waals surface area contributed by atoms with Crippen LogP contribution in [0.4, 0.5) is 0 Å². The summed E-state index contributed by atoms with van der Waals surface area (Å²) in [6.07, 6.45) is 0. The van der Waals surface area contributed by atoms with E-state index in [1.54, 1.807) is 0 Å². The molecular weight excluding hydrogens is 1830 g/mol. The zero-order chi connectivity index (χ0) is 112. The van der Waals surface area contributed by atoms with Crippen LogP contribution in [0.3, 0.4) is 0 Å². The van der Waals surface area contributed by atoms with Gasteiger partial charge in [-0.3, -0.25) is 13.7 Å². The van der Waals surface area contributed by atoms with Gasteiger partial charge in [-0.25, -0.2) is 15.0 Å². The Morgan fingerprint density at radius 2 is 0.373 bits per heavy atom. The van der Waals surface area contributed by atoms with Crippen LogP contribution in [0.25, 0.3) is 267 Å². The molecule has 0 N–H and O–H groups in total. The first kappa shape index (κ1) is 72.7. The van der Waals surface area contributed by atoms with Gasteiger partial charge < -0.3 is 13.7 Å². The third kappa shape index (κ3) is 15.3. The lowest BCUT2D eigenvalue weighted by Gasteiger charge is -2.13. The maximum atomic E-state index is 8.90. The second-order valence-corrected chi connectivity index (χ2v) is 36.4. The molecule has 15 heteroatoms. The Bertz CT molecular complexity index is 11400. The van der Waals surface area contributed by atoms with Gasteiger partial charge in [0.15, 0.2) is 34.9 Å². The van der Waals surface area contributed by atoms with E-state index in [9.17, 15) is 0 Å². The maximum absolute atomic E-state index is 8.90. The highest BCUT2D eigenvalue weighted by atomic mass is 15.2. The topological polar surface area (TPSA) is 146 Å². The molecule has 21 aromatic carbocycles. The van der Waals surface area contributed by atoms with Crippen LogP contribution >= 0.6 is 0 Å². The fourth-order valence-corrected chi connectivity index (χ4v) is 21.2. The van der Waals surface area contributed by atoms with E-state index in [2.05, 4.69) is 171 Å². The molecule has 150 heavy (non-hydrogen) atoms. The normalized spacial score (nSPS) is 13.0. The van der Waals surface area contributed by atoms with Gasteiger partial charge in [-0.05, 0) is 149 Å². The summed E-state index contributed by atoms with van der Waals surface area (Å²) in [4.78, 5) is 44.7. The van der Waals surface area contributed by atoms with Crippen LogP contribution in [0.15, 0.2) is 527 Å².